The molecule has 0 radical (unpaired) electrons. The molecule has 0 spiro atoms. The first-order chi connectivity index (χ1) is 6.93. The molecule has 2 aromatic heterocycles. The third-order valence-corrected chi connectivity index (χ3v) is 2.31. The minimum absolute atomic E-state index is 1.09. The number of aromatic nitrogens is 3. The lowest BCUT2D eigenvalue weighted by molar-refractivity contribution is 0.882. The van der Waals surface area contributed by atoms with Crippen molar-refractivity contribution in [1.82, 2.24) is 14.8 Å². The smallest absolute Gasteiger partial charge is 0.0653 e. The summed E-state index contributed by atoms with van der Waals surface area (Å²) in [7, 11) is 0. The Morgan fingerprint density at radius 1 is 1.21 bits per heavy atom. The van der Waals surface area contributed by atoms with Gasteiger partial charge in [-0.2, -0.15) is 5.10 Å². The van der Waals surface area contributed by atoms with Gasteiger partial charge in [0.25, 0.3) is 0 Å². The summed E-state index contributed by atoms with van der Waals surface area (Å²) in [5.74, 6) is 0. The van der Waals surface area contributed by atoms with E-state index in [1.54, 1.807) is 6.20 Å². The Labute approximate surface area is 81.0 Å². The average molecular weight is 183 g/mol. The number of hydrogen-bond acceptors (Lipinski definition) is 1. The van der Waals surface area contributed by atoms with Crippen molar-refractivity contribution >= 4 is 10.9 Å². The molecule has 0 atom stereocenters. The normalized spacial score (nSPS) is 10.9. The molecule has 14 heavy (non-hydrogen) atoms. The van der Waals surface area contributed by atoms with Crippen molar-refractivity contribution in [1.29, 1.82) is 0 Å². The molecule has 0 amide bonds. The molecule has 0 bridgehead atoms. The monoisotopic (exact) mass is 183 g/mol. The minimum atomic E-state index is 1.09. The molecule has 3 nitrogen and oxygen atoms in total. The predicted octanol–water partition coefficient (Wildman–Crippen LogP) is 2.35. The van der Waals surface area contributed by atoms with E-state index in [9.17, 15) is 0 Å². The van der Waals surface area contributed by atoms with Crippen molar-refractivity contribution in [3.8, 4) is 5.69 Å². The second kappa shape index (κ2) is 2.73. The third kappa shape index (κ3) is 1.03. The Morgan fingerprint density at radius 2 is 2.21 bits per heavy atom. The van der Waals surface area contributed by atoms with Crippen LogP contribution in [0, 0.1) is 0 Å². The fourth-order valence-electron chi connectivity index (χ4n) is 1.60. The highest BCUT2D eigenvalue weighted by Gasteiger charge is 1.98. The Hall–Kier alpha value is -2.03. The highest BCUT2D eigenvalue weighted by molar-refractivity contribution is 5.81. The van der Waals surface area contributed by atoms with Gasteiger partial charge in [-0.1, -0.05) is 0 Å². The largest absolute Gasteiger partial charge is 0.361 e. The first kappa shape index (κ1) is 7.38. The molecule has 3 heteroatoms. The zero-order valence-electron chi connectivity index (χ0n) is 7.51. The fourth-order valence-corrected chi connectivity index (χ4v) is 1.60. The fraction of sp³-hybridized carbons (Fsp3) is 0. The van der Waals surface area contributed by atoms with Gasteiger partial charge >= 0.3 is 0 Å². The van der Waals surface area contributed by atoms with Crippen molar-refractivity contribution < 1.29 is 0 Å². The summed E-state index contributed by atoms with van der Waals surface area (Å²) < 4.78 is 1.85. The maximum atomic E-state index is 4.18. The lowest BCUT2D eigenvalue weighted by Crippen LogP contribution is -1.92. The van der Waals surface area contributed by atoms with Crippen LogP contribution in [0.3, 0.4) is 0 Å². The van der Waals surface area contributed by atoms with E-state index in [1.807, 2.05) is 29.2 Å². The quantitative estimate of drug-likeness (QED) is 0.617. The summed E-state index contributed by atoms with van der Waals surface area (Å²) in [5.41, 5.74) is 2.24. The molecule has 3 aromatic rings. The maximum Gasteiger partial charge on any atom is 0.0653 e. The van der Waals surface area contributed by atoms with Gasteiger partial charge in [-0.05, 0) is 30.3 Å². The number of aromatic amines is 1. The first-order valence-electron chi connectivity index (χ1n) is 4.51. The lowest BCUT2D eigenvalue weighted by Gasteiger charge is -2.00. The van der Waals surface area contributed by atoms with Gasteiger partial charge in [-0.25, -0.2) is 4.68 Å². The Balaban J connectivity index is 2.23. The van der Waals surface area contributed by atoms with Crippen LogP contribution in [0.5, 0.6) is 0 Å². The molecule has 68 valence electrons. The zero-order chi connectivity index (χ0) is 9.38. The zero-order valence-corrected chi connectivity index (χ0v) is 7.51. The van der Waals surface area contributed by atoms with E-state index < -0.39 is 0 Å². The van der Waals surface area contributed by atoms with Crippen LogP contribution < -0.4 is 0 Å². The van der Waals surface area contributed by atoms with Gasteiger partial charge in [0.15, 0.2) is 0 Å². The van der Waals surface area contributed by atoms with Crippen molar-refractivity contribution in [3.05, 3.63) is 48.9 Å². The third-order valence-electron chi connectivity index (χ3n) is 2.31. The Bertz CT molecular complexity index is 549. The van der Waals surface area contributed by atoms with Gasteiger partial charge in [-0.3, -0.25) is 0 Å². The van der Waals surface area contributed by atoms with Crippen LogP contribution in [-0.2, 0) is 0 Å². The number of benzene rings is 1. The van der Waals surface area contributed by atoms with E-state index in [1.165, 1.54) is 5.39 Å². The summed E-state index contributed by atoms with van der Waals surface area (Å²) in [6.07, 6.45) is 5.66. The molecule has 1 N–H and O–H groups in total. The van der Waals surface area contributed by atoms with E-state index in [0.717, 1.165) is 11.2 Å². The lowest BCUT2D eigenvalue weighted by atomic mass is 10.2. The molecule has 0 saturated carbocycles. The second-order valence-electron chi connectivity index (χ2n) is 3.20. The molecule has 3 rings (SSSR count). The van der Waals surface area contributed by atoms with Crippen molar-refractivity contribution in [2.75, 3.05) is 0 Å². The highest BCUT2D eigenvalue weighted by atomic mass is 15.3. The molecular formula is C11H9N3. The maximum absolute atomic E-state index is 4.18. The SMILES string of the molecule is c1cnn(-c2ccc3[nH]ccc3c2)c1. The molecule has 0 aliphatic heterocycles. The van der Waals surface area contributed by atoms with Crippen LogP contribution in [0.2, 0.25) is 0 Å². The first-order valence-corrected chi connectivity index (χ1v) is 4.51. The molecule has 0 saturated heterocycles. The van der Waals surface area contributed by atoms with E-state index in [0.29, 0.717) is 0 Å². The summed E-state index contributed by atoms with van der Waals surface area (Å²) >= 11 is 0. The van der Waals surface area contributed by atoms with Crippen LogP contribution in [0.25, 0.3) is 16.6 Å². The van der Waals surface area contributed by atoms with Crippen LogP contribution in [-0.4, -0.2) is 14.8 Å². The topological polar surface area (TPSA) is 33.6 Å². The van der Waals surface area contributed by atoms with Crippen LogP contribution in [0.1, 0.15) is 0 Å². The van der Waals surface area contributed by atoms with Gasteiger partial charge < -0.3 is 4.98 Å². The van der Waals surface area contributed by atoms with Crippen molar-refractivity contribution in [2.24, 2.45) is 0 Å². The molecular weight excluding hydrogens is 174 g/mol. The van der Waals surface area contributed by atoms with Crippen LogP contribution >= 0.6 is 0 Å². The number of H-pyrrole nitrogens is 1. The Kier molecular flexibility index (Phi) is 1.44. The highest BCUT2D eigenvalue weighted by Crippen LogP contribution is 2.16. The van der Waals surface area contributed by atoms with Gasteiger partial charge in [0.05, 0.1) is 5.69 Å². The van der Waals surface area contributed by atoms with E-state index >= 15 is 0 Å². The number of nitrogens with one attached hydrogen (secondary N) is 1. The average Bonchev–Trinajstić information content (AvgIpc) is 2.88. The summed E-state index contributed by atoms with van der Waals surface area (Å²) in [5, 5.41) is 5.39. The van der Waals surface area contributed by atoms with Crippen molar-refractivity contribution in [3.63, 3.8) is 0 Å². The summed E-state index contributed by atoms with van der Waals surface area (Å²) in [4.78, 5) is 3.16. The van der Waals surface area contributed by atoms with E-state index in [4.69, 9.17) is 0 Å². The van der Waals surface area contributed by atoms with E-state index in [-0.39, 0.29) is 0 Å². The molecule has 2 heterocycles. The number of rotatable bonds is 1. The Morgan fingerprint density at radius 3 is 3.07 bits per heavy atom. The number of nitrogens with zero attached hydrogens (tertiary/aromatic N) is 2. The summed E-state index contributed by atoms with van der Waals surface area (Å²) in [6, 6.07) is 10.2. The van der Waals surface area contributed by atoms with Gasteiger partial charge in [0, 0.05) is 29.5 Å². The van der Waals surface area contributed by atoms with E-state index in [2.05, 4.69) is 28.3 Å². The minimum Gasteiger partial charge on any atom is -0.361 e. The standard InChI is InChI=1S/C11H9N3/c1-5-13-14(7-1)10-2-3-11-9(8-10)4-6-12-11/h1-8,12H. The van der Waals surface area contributed by atoms with Gasteiger partial charge in [0.2, 0.25) is 0 Å². The molecule has 0 aliphatic rings. The van der Waals surface area contributed by atoms with Crippen molar-refractivity contribution in [2.45, 2.75) is 0 Å². The molecule has 1 aromatic carbocycles. The molecule has 0 aliphatic carbocycles. The van der Waals surface area contributed by atoms with Gasteiger partial charge in [-0.15, -0.1) is 0 Å². The second-order valence-corrected chi connectivity index (χ2v) is 3.20. The van der Waals surface area contributed by atoms with Crippen LogP contribution in [0.15, 0.2) is 48.9 Å². The summed E-state index contributed by atoms with van der Waals surface area (Å²) in [6.45, 7) is 0. The van der Waals surface area contributed by atoms with Crippen LogP contribution in [0.4, 0.5) is 0 Å². The molecule has 0 fully saturated rings. The number of hydrogen-bond donors (Lipinski definition) is 1. The van der Waals surface area contributed by atoms with Gasteiger partial charge in [0.1, 0.15) is 0 Å². The predicted molar refractivity (Wildman–Crippen MR) is 55.4 cm³/mol. The molecule has 0 unspecified atom stereocenters. The number of fused-ring (bicyclic) bond motifs is 1.